The molecule has 0 unspecified atom stereocenters. The van der Waals surface area contributed by atoms with Gasteiger partial charge >= 0.3 is 5.97 Å². The Kier molecular flexibility index (Phi) is 7.80. The highest BCUT2D eigenvalue weighted by Crippen LogP contribution is 2.29. The van der Waals surface area contributed by atoms with Gasteiger partial charge in [-0.25, -0.2) is 4.79 Å². The number of hydrogen-bond acceptors (Lipinski definition) is 6. The maximum Gasteiger partial charge on any atom is 0.329 e. The smallest absolute Gasteiger partial charge is 0.329 e. The predicted molar refractivity (Wildman–Crippen MR) is 112 cm³/mol. The third kappa shape index (κ3) is 5.97. The summed E-state index contributed by atoms with van der Waals surface area (Å²) in [5, 5.41) is 5.22. The molecule has 0 aliphatic rings. The highest BCUT2D eigenvalue weighted by molar-refractivity contribution is 5.98. The first kappa shape index (κ1) is 22.7. The highest BCUT2D eigenvalue weighted by atomic mass is 16.5. The van der Waals surface area contributed by atoms with E-state index in [9.17, 15) is 14.4 Å². The molecule has 0 saturated heterocycles. The molecule has 0 aliphatic carbocycles. The number of benzene rings is 2. The number of aryl methyl sites for hydroxylation is 1. The van der Waals surface area contributed by atoms with Crippen molar-refractivity contribution >= 4 is 23.5 Å². The molecule has 2 aromatic carbocycles. The molecule has 30 heavy (non-hydrogen) atoms. The van der Waals surface area contributed by atoms with Gasteiger partial charge in [0.2, 0.25) is 0 Å². The van der Waals surface area contributed by atoms with E-state index in [0.29, 0.717) is 22.7 Å². The van der Waals surface area contributed by atoms with Crippen LogP contribution >= 0.6 is 0 Å². The second-order valence-corrected chi connectivity index (χ2v) is 6.70. The Morgan fingerprint density at radius 3 is 2.27 bits per heavy atom. The molecule has 2 amide bonds. The van der Waals surface area contributed by atoms with E-state index in [1.54, 1.807) is 36.4 Å². The van der Waals surface area contributed by atoms with E-state index in [2.05, 4.69) is 10.6 Å². The summed E-state index contributed by atoms with van der Waals surface area (Å²) in [7, 11) is 3.00. The zero-order valence-electron chi connectivity index (χ0n) is 17.6. The second kappa shape index (κ2) is 10.3. The second-order valence-electron chi connectivity index (χ2n) is 6.70. The molecular weight excluding hydrogens is 388 g/mol. The summed E-state index contributed by atoms with van der Waals surface area (Å²) in [5.41, 5.74) is 1.83. The van der Waals surface area contributed by atoms with Crippen molar-refractivity contribution in [1.82, 2.24) is 5.32 Å². The Labute approximate surface area is 175 Å². The van der Waals surface area contributed by atoms with Crippen molar-refractivity contribution in [2.75, 3.05) is 19.5 Å². The van der Waals surface area contributed by atoms with Gasteiger partial charge in [0.1, 0.15) is 6.04 Å². The fourth-order valence-electron chi connectivity index (χ4n) is 2.61. The number of ether oxygens (including phenoxy) is 3. The Morgan fingerprint density at radius 1 is 0.933 bits per heavy atom. The number of carbonyl (C=O) groups excluding carboxylic acids is 3. The molecule has 0 heterocycles. The molecule has 0 aromatic heterocycles. The molecule has 2 rings (SSSR count). The molecule has 0 fully saturated rings. The van der Waals surface area contributed by atoms with Crippen LogP contribution in [0.1, 0.15) is 29.8 Å². The third-order valence-corrected chi connectivity index (χ3v) is 4.29. The molecular formula is C22H26N2O6. The summed E-state index contributed by atoms with van der Waals surface area (Å²) < 4.78 is 15.5. The Bertz CT molecular complexity index is 928. The zero-order chi connectivity index (χ0) is 22.3. The summed E-state index contributed by atoms with van der Waals surface area (Å²) in [5.74, 6) is -0.662. The van der Waals surface area contributed by atoms with Gasteiger partial charge in [0.25, 0.3) is 11.8 Å². The van der Waals surface area contributed by atoms with Crippen LogP contribution in [0.5, 0.6) is 11.5 Å². The predicted octanol–water partition coefficient (Wildman–Crippen LogP) is 2.70. The van der Waals surface area contributed by atoms with Gasteiger partial charge in [-0.05, 0) is 45.0 Å². The van der Waals surface area contributed by atoms with Crippen molar-refractivity contribution < 1.29 is 28.6 Å². The fourth-order valence-corrected chi connectivity index (χ4v) is 2.61. The lowest BCUT2D eigenvalue weighted by Gasteiger charge is -2.18. The van der Waals surface area contributed by atoms with E-state index in [-0.39, 0.29) is 0 Å². The number of amides is 2. The molecule has 160 valence electrons. The van der Waals surface area contributed by atoms with E-state index in [1.165, 1.54) is 28.1 Å². The van der Waals surface area contributed by atoms with Crippen molar-refractivity contribution in [2.45, 2.75) is 32.9 Å². The summed E-state index contributed by atoms with van der Waals surface area (Å²) in [4.78, 5) is 36.9. The van der Waals surface area contributed by atoms with Gasteiger partial charge in [-0.2, -0.15) is 0 Å². The van der Waals surface area contributed by atoms with Crippen molar-refractivity contribution in [3.05, 3.63) is 53.6 Å². The maximum absolute atomic E-state index is 12.4. The summed E-state index contributed by atoms with van der Waals surface area (Å²) in [6.45, 7) is 4.81. The van der Waals surface area contributed by atoms with Crippen LogP contribution in [0.3, 0.4) is 0 Å². The summed E-state index contributed by atoms with van der Waals surface area (Å²) >= 11 is 0. The van der Waals surface area contributed by atoms with E-state index in [4.69, 9.17) is 14.2 Å². The first-order valence-electron chi connectivity index (χ1n) is 9.36. The lowest BCUT2D eigenvalue weighted by molar-refractivity contribution is -0.154. The molecule has 0 aliphatic heterocycles. The average Bonchev–Trinajstić information content (AvgIpc) is 2.73. The first-order chi connectivity index (χ1) is 14.2. The quantitative estimate of drug-likeness (QED) is 0.644. The number of methoxy groups -OCH3 is 2. The number of rotatable bonds is 8. The number of carbonyl (C=O) groups is 3. The van der Waals surface area contributed by atoms with E-state index in [0.717, 1.165) is 5.56 Å². The molecule has 2 N–H and O–H groups in total. The van der Waals surface area contributed by atoms with Crippen molar-refractivity contribution in [3.63, 3.8) is 0 Å². The van der Waals surface area contributed by atoms with Crippen molar-refractivity contribution in [3.8, 4) is 11.5 Å². The summed E-state index contributed by atoms with van der Waals surface area (Å²) in [6.07, 6.45) is -1.07. The van der Waals surface area contributed by atoms with Crippen LogP contribution in [0.4, 0.5) is 5.69 Å². The molecule has 8 nitrogen and oxygen atoms in total. The lowest BCUT2D eigenvalue weighted by Crippen LogP contribution is -2.42. The number of nitrogens with one attached hydrogen (secondary N) is 2. The van der Waals surface area contributed by atoms with Gasteiger partial charge in [0.05, 0.1) is 14.2 Å². The van der Waals surface area contributed by atoms with Crippen LogP contribution in [-0.4, -0.2) is 44.1 Å². The third-order valence-electron chi connectivity index (χ3n) is 4.29. The Balaban J connectivity index is 1.92. The highest BCUT2D eigenvalue weighted by Gasteiger charge is 2.24. The van der Waals surface area contributed by atoms with Crippen LogP contribution in [0, 0.1) is 6.92 Å². The Hall–Kier alpha value is -3.55. The molecule has 0 saturated carbocycles. The van der Waals surface area contributed by atoms with Gasteiger partial charge in [-0.3, -0.25) is 9.59 Å². The van der Waals surface area contributed by atoms with E-state index in [1.807, 2.05) is 13.0 Å². The van der Waals surface area contributed by atoms with E-state index < -0.39 is 29.9 Å². The fraction of sp³-hybridized carbons (Fsp3) is 0.318. The first-order valence-corrected chi connectivity index (χ1v) is 9.36. The molecule has 2 aromatic rings. The van der Waals surface area contributed by atoms with Crippen LogP contribution < -0.4 is 20.1 Å². The number of esters is 1. The maximum atomic E-state index is 12.4. The molecule has 0 radical (unpaired) electrons. The van der Waals surface area contributed by atoms with Crippen LogP contribution in [-0.2, 0) is 14.3 Å². The van der Waals surface area contributed by atoms with Gasteiger partial charge in [0, 0.05) is 17.3 Å². The van der Waals surface area contributed by atoms with Crippen LogP contribution in [0.2, 0.25) is 0 Å². The average molecular weight is 414 g/mol. The normalized spacial score (nSPS) is 12.3. The molecule has 0 spiro atoms. The molecule has 8 heteroatoms. The van der Waals surface area contributed by atoms with Gasteiger partial charge < -0.3 is 24.8 Å². The van der Waals surface area contributed by atoms with Gasteiger partial charge in [0.15, 0.2) is 17.6 Å². The van der Waals surface area contributed by atoms with Gasteiger partial charge in [-0.15, -0.1) is 0 Å². The minimum atomic E-state index is -1.07. The lowest BCUT2D eigenvalue weighted by atomic mass is 10.1. The molecule has 0 bridgehead atoms. The number of anilines is 1. The van der Waals surface area contributed by atoms with Crippen molar-refractivity contribution in [1.29, 1.82) is 0 Å². The SMILES string of the molecule is COc1ccc(NC(=O)[C@H](C)OC(=O)[C@H](C)NC(=O)c2cccc(C)c2)cc1OC. The number of hydrogen-bond donors (Lipinski definition) is 2. The topological polar surface area (TPSA) is 103 Å². The van der Waals surface area contributed by atoms with Crippen LogP contribution in [0.25, 0.3) is 0 Å². The zero-order valence-corrected chi connectivity index (χ0v) is 17.6. The van der Waals surface area contributed by atoms with Gasteiger partial charge in [-0.1, -0.05) is 17.7 Å². The molecule has 2 atom stereocenters. The minimum absolute atomic E-state index is 0.398. The van der Waals surface area contributed by atoms with Crippen LogP contribution in [0.15, 0.2) is 42.5 Å². The largest absolute Gasteiger partial charge is 0.493 e. The van der Waals surface area contributed by atoms with Crippen molar-refractivity contribution in [2.24, 2.45) is 0 Å². The van der Waals surface area contributed by atoms with E-state index >= 15 is 0 Å². The Morgan fingerprint density at radius 2 is 1.63 bits per heavy atom. The monoisotopic (exact) mass is 414 g/mol. The minimum Gasteiger partial charge on any atom is -0.493 e. The standard InChI is InChI=1S/C22H26N2O6/c1-13-7-6-8-16(11-13)21(26)23-14(2)22(27)30-15(3)20(25)24-17-9-10-18(28-4)19(12-17)29-5/h6-12,14-15H,1-5H3,(H,23,26)(H,24,25)/t14-,15-/m0/s1. The summed E-state index contributed by atoms with van der Waals surface area (Å²) in [6, 6.07) is 10.9.